The van der Waals surface area contributed by atoms with Crippen molar-refractivity contribution in [3.05, 3.63) is 53.7 Å². The minimum absolute atomic E-state index is 0.117. The summed E-state index contributed by atoms with van der Waals surface area (Å²) < 4.78 is 20.7. The SMILES string of the molecule is COc1cncc(-c2cc(C)c3c(n2)CN(c2cnn(CC(C)(C)F)c2)C3=O)c1. The Kier molecular flexibility index (Phi) is 4.56. The minimum Gasteiger partial charge on any atom is -0.495 e. The number of amides is 1. The van der Waals surface area contributed by atoms with Crippen LogP contribution in [0.1, 0.15) is 35.5 Å². The highest BCUT2D eigenvalue weighted by molar-refractivity contribution is 6.10. The number of anilines is 1. The third-order valence-electron chi connectivity index (χ3n) is 4.77. The summed E-state index contributed by atoms with van der Waals surface area (Å²) in [5, 5.41) is 4.19. The zero-order chi connectivity index (χ0) is 20.8. The van der Waals surface area contributed by atoms with Gasteiger partial charge in [0.15, 0.2) is 0 Å². The first-order valence-corrected chi connectivity index (χ1v) is 9.28. The van der Waals surface area contributed by atoms with Crippen LogP contribution in [0.3, 0.4) is 0 Å². The molecule has 1 aliphatic rings. The monoisotopic (exact) mass is 395 g/mol. The molecule has 0 saturated carbocycles. The minimum atomic E-state index is -1.39. The van der Waals surface area contributed by atoms with Gasteiger partial charge in [0.1, 0.15) is 11.4 Å². The lowest BCUT2D eigenvalue weighted by molar-refractivity contribution is 0.0996. The van der Waals surface area contributed by atoms with Gasteiger partial charge in [-0.1, -0.05) is 0 Å². The quantitative estimate of drug-likeness (QED) is 0.660. The highest BCUT2D eigenvalue weighted by Gasteiger charge is 2.33. The summed E-state index contributed by atoms with van der Waals surface area (Å²) in [7, 11) is 1.59. The molecule has 0 atom stereocenters. The first-order valence-electron chi connectivity index (χ1n) is 9.28. The van der Waals surface area contributed by atoms with Crippen LogP contribution in [-0.2, 0) is 13.1 Å². The van der Waals surface area contributed by atoms with Crippen LogP contribution in [0.2, 0.25) is 0 Å². The molecule has 0 fully saturated rings. The first kappa shape index (κ1) is 19.0. The summed E-state index contributed by atoms with van der Waals surface area (Å²) in [6.45, 7) is 5.34. The number of fused-ring (bicyclic) bond motifs is 1. The number of aromatic nitrogens is 4. The van der Waals surface area contributed by atoms with Crippen LogP contribution < -0.4 is 9.64 Å². The van der Waals surface area contributed by atoms with Crippen molar-refractivity contribution in [1.82, 2.24) is 19.7 Å². The molecule has 0 N–H and O–H groups in total. The highest BCUT2D eigenvalue weighted by atomic mass is 19.1. The molecule has 1 aliphatic heterocycles. The number of nitrogens with zero attached hydrogens (tertiary/aromatic N) is 5. The Morgan fingerprint density at radius 2 is 2.03 bits per heavy atom. The number of ether oxygens (including phenoxy) is 1. The zero-order valence-electron chi connectivity index (χ0n) is 16.8. The van der Waals surface area contributed by atoms with Crippen LogP contribution in [0, 0.1) is 6.92 Å². The van der Waals surface area contributed by atoms with Gasteiger partial charge in [0.25, 0.3) is 5.91 Å². The lowest BCUT2D eigenvalue weighted by Gasteiger charge is -2.14. The van der Waals surface area contributed by atoms with Crippen molar-refractivity contribution in [1.29, 1.82) is 0 Å². The average molecular weight is 395 g/mol. The van der Waals surface area contributed by atoms with E-state index in [1.165, 1.54) is 18.5 Å². The van der Waals surface area contributed by atoms with Gasteiger partial charge in [-0.25, -0.2) is 4.39 Å². The summed E-state index contributed by atoms with van der Waals surface area (Å²) >= 11 is 0. The van der Waals surface area contributed by atoms with Crippen LogP contribution in [-0.4, -0.2) is 38.4 Å². The molecule has 0 saturated heterocycles. The summed E-state index contributed by atoms with van der Waals surface area (Å²) in [5.41, 5.74) is 2.93. The molecule has 0 spiro atoms. The fraction of sp³-hybridized carbons (Fsp3) is 0.333. The largest absolute Gasteiger partial charge is 0.495 e. The van der Waals surface area contributed by atoms with E-state index in [2.05, 4.69) is 10.1 Å². The number of halogens is 1. The summed E-state index contributed by atoms with van der Waals surface area (Å²) in [6, 6.07) is 3.74. The third kappa shape index (κ3) is 3.70. The molecule has 0 unspecified atom stereocenters. The Balaban J connectivity index is 1.65. The summed E-state index contributed by atoms with van der Waals surface area (Å²) in [4.78, 5) is 23.5. The van der Waals surface area contributed by atoms with E-state index in [-0.39, 0.29) is 12.5 Å². The third-order valence-corrected chi connectivity index (χ3v) is 4.77. The van der Waals surface area contributed by atoms with Crippen molar-refractivity contribution in [2.24, 2.45) is 0 Å². The Morgan fingerprint density at radius 1 is 1.24 bits per heavy atom. The number of hydrogen-bond acceptors (Lipinski definition) is 5. The average Bonchev–Trinajstić information content (AvgIpc) is 3.24. The molecule has 1 amide bonds. The molecular weight excluding hydrogens is 373 g/mol. The number of carbonyl (C=O) groups excluding carboxylic acids is 1. The maximum atomic E-state index is 13.9. The fourth-order valence-corrected chi connectivity index (χ4v) is 3.49. The van der Waals surface area contributed by atoms with E-state index in [9.17, 15) is 9.18 Å². The topological polar surface area (TPSA) is 73.1 Å². The molecule has 0 aliphatic carbocycles. The maximum absolute atomic E-state index is 13.9. The Bertz CT molecular complexity index is 1090. The lowest BCUT2D eigenvalue weighted by atomic mass is 10.1. The molecule has 8 heteroatoms. The number of alkyl halides is 1. The van der Waals surface area contributed by atoms with Gasteiger partial charge in [-0.2, -0.15) is 5.10 Å². The highest BCUT2D eigenvalue weighted by Crippen LogP contribution is 2.32. The molecule has 4 heterocycles. The van der Waals surface area contributed by atoms with Crippen LogP contribution >= 0.6 is 0 Å². The molecule has 29 heavy (non-hydrogen) atoms. The number of hydrogen-bond donors (Lipinski definition) is 0. The van der Waals surface area contributed by atoms with Crippen LogP contribution in [0.25, 0.3) is 11.3 Å². The predicted molar refractivity (Wildman–Crippen MR) is 107 cm³/mol. The van der Waals surface area contributed by atoms with Gasteiger partial charge in [-0.3, -0.25) is 24.3 Å². The van der Waals surface area contributed by atoms with E-state index in [1.807, 2.05) is 19.1 Å². The second kappa shape index (κ2) is 6.95. The van der Waals surface area contributed by atoms with Gasteiger partial charge in [-0.05, 0) is 38.5 Å². The Labute approximate surface area is 168 Å². The first-order chi connectivity index (χ1) is 13.7. The van der Waals surface area contributed by atoms with Crippen molar-refractivity contribution in [2.75, 3.05) is 12.0 Å². The predicted octanol–water partition coefficient (Wildman–Crippen LogP) is 3.57. The normalized spacial score (nSPS) is 13.7. The maximum Gasteiger partial charge on any atom is 0.260 e. The van der Waals surface area contributed by atoms with Crippen molar-refractivity contribution >= 4 is 11.6 Å². The zero-order valence-corrected chi connectivity index (χ0v) is 16.8. The van der Waals surface area contributed by atoms with Gasteiger partial charge in [0, 0.05) is 18.0 Å². The smallest absolute Gasteiger partial charge is 0.260 e. The second-order valence-corrected chi connectivity index (χ2v) is 7.77. The van der Waals surface area contributed by atoms with Gasteiger partial charge >= 0.3 is 0 Å². The number of aryl methyl sites for hydroxylation is 1. The second-order valence-electron chi connectivity index (χ2n) is 7.77. The van der Waals surface area contributed by atoms with E-state index < -0.39 is 5.67 Å². The summed E-state index contributed by atoms with van der Waals surface area (Å²) in [5.74, 6) is 0.516. The van der Waals surface area contributed by atoms with Crippen LogP contribution in [0.15, 0.2) is 36.9 Å². The number of carbonyl (C=O) groups is 1. The van der Waals surface area contributed by atoms with Crippen LogP contribution in [0.5, 0.6) is 5.75 Å². The van der Waals surface area contributed by atoms with Crippen molar-refractivity contribution in [2.45, 2.75) is 39.5 Å². The Morgan fingerprint density at radius 3 is 2.76 bits per heavy atom. The molecule has 0 bridgehead atoms. The molecule has 3 aromatic rings. The fourth-order valence-electron chi connectivity index (χ4n) is 3.49. The van der Waals surface area contributed by atoms with Gasteiger partial charge in [-0.15, -0.1) is 0 Å². The van der Waals surface area contributed by atoms with E-state index in [4.69, 9.17) is 9.72 Å². The van der Waals surface area contributed by atoms with Crippen molar-refractivity contribution < 1.29 is 13.9 Å². The molecule has 150 valence electrons. The Hall–Kier alpha value is -3.29. The van der Waals surface area contributed by atoms with Gasteiger partial charge in [0.2, 0.25) is 0 Å². The van der Waals surface area contributed by atoms with Crippen LogP contribution in [0.4, 0.5) is 10.1 Å². The van der Waals surface area contributed by atoms with Gasteiger partial charge < -0.3 is 4.74 Å². The lowest BCUT2D eigenvalue weighted by Crippen LogP contribution is -2.23. The molecule has 7 nitrogen and oxygen atoms in total. The van der Waals surface area contributed by atoms with E-state index in [1.54, 1.807) is 36.8 Å². The van der Waals surface area contributed by atoms with Crippen molar-refractivity contribution in [3.8, 4) is 17.0 Å². The number of rotatable bonds is 5. The van der Waals surface area contributed by atoms with Crippen molar-refractivity contribution in [3.63, 3.8) is 0 Å². The summed E-state index contributed by atoms with van der Waals surface area (Å²) in [6.07, 6.45) is 6.62. The molecular formula is C21H22FN5O2. The molecule has 0 radical (unpaired) electrons. The number of methoxy groups -OCH3 is 1. The number of pyridine rings is 2. The van der Waals surface area contributed by atoms with Gasteiger partial charge in [0.05, 0.1) is 55.2 Å². The molecule has 0 aromatic carbocycles. The molecule has 4 rings (SSSR count). The standard InChI is InChI=1S/C21H22FN5O2/c1-13-5-17(14-6-16(29-4)9-23-7-14)25-18-11-27(20(28)19(13)18)15-8-24-26(10-15)12-21(2,3)22/h5-10H,11-12H2,1-4H3. The molecule has 3 aromatic heterocycles. The van der Waals surface area contributed by atoms with E-state index in [0.717, 1.165) is 16.8 Å². The van der Waals surface area contributed by atoms with E-state index in [0.29, 0.717) is 29.2 Å². The van der Waals surface area contributed by atoms with E-state index >= 15 is 0 Å².